The van der Waals surface area contributed by atoms with Crippen molar-refractivity contribution < 1.29 is 14.5 Å². The molecule has 0 atom stereocenters. The Labute approximate surface area is 176 Å². The van der Waals surface area contributed by atoms with Gasteiger partial charge in [-0.25, -0.2) is 4.79 Å². The number of esters is 1. The van der Waals surface area contributed by atoms with Crippen molar-refractivity contribution in [3.8, 4) is 0 Å². The molecule has 0 amide bonds. The molecule has 3 rings (SSSR count). The van der Waals surface area contributed by atoms with Gasteiger partial charge in [0.1, 0.15) is 0 Å². The van der Waals surface area contributed by atoms with E-state index in [1.807, 2.05) is 12.1 Å². The minimum atomic E-state index is -0.426. The van der Waals surface area contributed by atoms with Crippen LogP contribution in [-0.2, 0) is 4.74 Å². The van der Waals surface area contributed by atoms with Gasteiger partial charge in [0, 0.05) is 22.2 Å². The maximum Gasteiger partial charge on any atom is 0.337 e. The third-order valence-electron chi connectivity index (χ3n) is 3.87. The molecule has 3 aromatic rings. The van der Waals surface area contributed by atoms with Crippen molar-refractivity contribution in [3.63, 3.8) is 0 Å². The SMILES string of the molecule is COC(=O)c1ccc(N=Cc2ccc(Sc3ccc(Cl)cc3)c([N+](=O)[O-])c2)cc1. The molecule has 0 aliphatic rings. The van der Waals surface area contributed by atoms with E-state index in [0.717, 1.165) is 4.90 Å². The normalized spacial score (nSPS) is 10.8. The number of hydrogen-bond donors (Lipinski definition) is 0. The summed E-state index contributed by atoms with van der Waals surface area (Å²) in [6.45, 7) is 0. The van der Waals surface area contributed by atoms with Gasteiger partial charge in [0.2, 0.25) is 0 Å². The second-order valence-electron chi connectivity index (χ2n) is 5.84. The highest BCUT2D eigenvalue weighted by atomic mass is 35.5. The summed E-state index contributed by atoms with van der Waals surface area (Å²) in [5.74, 6) is -0.426. The Kier molecular flexibility index (Phi) is 6.64. The first-order chi connectivity index (χ1) is 14.0. The molecule has 0 N–H and O–H groups in total. The zero-order chi connectivity index (χ0) is 20.8. The quantitative estimate of drug-likeness (QED) is 0.211. The number of ether oxygens (including phenoxy) is 1. The van der Waals surface area contributed by atoms with E-state index in [4.69, 9.17) is 11.6 Å². The molecule has 0 aromatic heterocycles. The maximum atomic E-state index is 11.5. The summed E-state index contributed by atoms with van der Waals surface area (Å²) in [6.07, 6.45) is 1.54. The Morgan fingerprint density at radius 2 is 1.79 bits per heavy atom. The molecular weight excluding hydrogens is 412 g/mol. The first kappa shape index (κ1) is 20.6. The summed E-state index contributed by atoms with van der Waals surface area (Å²) < 4.78 is 4.65. The summed E-state index contributed by atoms with van der Waals surface area (Å²) in [4.78, 5) is 28.2. The zero-order valence-electron chi connectivity index (χ0n) is 15.2. The Morgan fingerprint density at radius 3 is 2.41 bits per heavy atom. The number of benzene rings is 3. The van der Waals surface area contributed by atoms with Crippen molar-refractivity contribution in [2.24, 2.45) is 4.99 Å². The lowest BCUT2D eigenvalue weighted by molar-refractivity contribution is -0.387. The van der Waals surface area contributed by atoms with Crippen LogP contribution >= 0.6 is 23.4 Å². The number of nitro groups is 1. The molecule has 6 nitrogen and oxygen atoms in total. The molecule has 0 saturated heterocycles. The lowest BCUT2D eigenvalue weighted by Crippen LogP contribution is -1.99. The van der Waals surface area contributed by atoms with Crippen LogP contribution in [-0.4, -0.2) is 24.2 Å². The predicted molar refractivity (Wildman–Crippen MR) is 114 cm³/mol. The van der Waals surface area contributed by atoms with Gasteiger partial charge < -0.3 is 4.74 Å². The van der Waals surface area contributed by atoms with E-state index < -0.39 is 10.9 Å². The number of nitrogens with zero attached hydrogens (tertiary/aromatic N) is 2. The third kappa shape index (κ3) is 5.43. The van der Waals surface area contributed by atoms with E-state index in [2.05, 4.69) is 9.73 Å². The van der Waals surface area contributed by atoms with Gasteiger partial charge in [-0.05, 0) is 60.2 Å². The van der Waals surface area contributed by atoms with Gasteiger partial charge in [0.05, 0.1) is 28.2 Å². The van der Waals surface area contributed by atoms with E-state index in [0.29, 0.717) is 26.7 Å². The summed E-state index contributed by atoms with van der Waals surface area (Å²) in [5.41, 5.74) is 1.62. The number of halogens is 1. The lowest BCUT2D eigenvalue weighted by atomic mass is 10.2. The Balaban J connectivity index is 1.80. The van der Waals surface area contributed by atoms with Crippen molar-refractivity contribution in [3.05, 3.63) is 93.0 Å². The Hall–Kier alpha value is -3.16. The van der Waals surface area contributed by atoms with Crippen molar-refractivity contribution in [2.45, 2.75) is 9.79 Å². The predicted octanol–water partition coefficient (Wildman–Crippen LogP) is 5.94. The van der Waals surface area contributed by atoms with E-state index in [-0.39, 0.29) is 5.69 Å². The molecule has 146 valence electrons. The van der Waals surface area contributed by atoms with Gasteiger partial charge in [0.25, 0.3) is 5.69 Å². The second kappa shape index (κ2) is 9.36. The van der Waals surface area contributed by atoms with E-state index in [1.165, 1.54) is 31.2 Å². The van der Waals surface area contributed by atoms with Crippen LogP contribution in [0.25, 0.3) is 0 Å². The number of nitro benzene ring substituents is 1. The molecule has 0 radical (unpaired) electrons. The fourth-order valence-electron chi connectivity index (χ4n) is 2.42. The van der Waals surface area contributed by atoms with E-state index in [9.17, 15) is 14.9 Å². The number of aliphatic imine (C=N–C) groups is 1. The molecule has 0 aliphatic heterocycles. The molecule has 0 spiro atoms. The molecule has 0 saturated carbocycles. The highest BCUT2D eigenvalue weighted by molar-refractivity contribution is 7.99. The summed E-state index contributed by atoms with van der Waals surface area (Å²) in [7, 11) is 1.32. The first-order valence-corrected chi connectivity index (χ1v) is 9.60. The van der Waals surface area contributed by atoms with Crippen LogP contribution in [0, 0.1) is 10.1 Å². The van der Waals surface area contributed by atoms with E-state index in [1.54, 1.807) is 48.5 Å². The fraction of sp³-hybridized carbons (Fsp3) is 0.0476. The molecule has 8 heteroatoms. The molecule has 0 fully saturated rings. The van der Waals surface area contributed by atoms with Crippen molar-refractivity contribution >= 4 is 46.9 Å². The van der Waals surface area contributed by atoms with Gasteiger partial charge in [-0.15, -0.1) is 0 Å². The van der Waals surface area contributed by atoms with Crippen LogP contribution < -0.4 is 0 Å². The second-order valence-corrected chi connectivity index (χ2v) is 7.39. The summed E-state index contributed by atoms with van der Waals surface area (Å²) >= 11 is 7.17. The van der Waals surface area contributed by atoms with Crippen LogP contribution in [0.1, 0.15) is 15.9 Å². The van der Waals surface area contributed by atoms with Gasteiger partial charge in [0.15, 0.2) is 0 Å². The minimum Gasteiger partial charge on any atom is -0.465 e. The number of rotatable bonds is 6. The van der Waals surface area contributed by atoms with E-state index >= 15 is 0 Å². The first-order valence-electron chi connectivity index (χ1n) is 8.40. The zero-order valence-corrected chi connectivity index (χ0v) is 16.8. The van der Waals surface area contributed by atoms with Crippen LogP contribution in [0.2, 0.25) is 5.02 Å². The number of hydrogen-bond acceptors (Lipinski definition) is 6. The Bertz CT molecular complexity index is 1070. The average Bonchev–Trinajstić information content (AvgIpc) is 2.74. The summed E-state index contributed by atoms with van der Waals surface area (Å²) in [6, 6.07) is 18.6. The molecule has 29 heavy (non-hydrogen) atoms. The number of carbonyl (C=O) groups is 1. The number of methoxy groups -OCH3 is 1. The minimum absolute atomic E-state index is 0.00469. The van der Waals surface area contributed by atoms with Gasteiger partial charge in [-0.3, -0.25) is 15.1 Å². The molecule has 0 aliphatic carbocycles. The van der Waals surface area contributed by atoms with Crippen LogP contribution in [0.5, 0.6) is 0 Å². The Morgan fingerprint density at radius 1 is 1.10 bits per heavy atom. The van der Waals surface area contributed by atoms with Gasteiger partial charge in [-0.2, -0.15) is 0 Å². The van der Waals surface area contributed by atoms with Gasteiger partial charge in [-0.1, -0.05) is 29.4 Å². The van der Waals surface area contributed by atoms with Crippen LogP contribution in [0.15, 0.2) is 81.5 Å². The topological polar surface area (TPSA) is 81.8 Å². The molecular formula is C21H15ClN2O4S. The van der Waals surface area contributed by atoms with Crippen LogP contribution in [0.4, 0.5) is 11.4 Å². The smallest absolute Gasteiger partial charge is 0.337 e. The standard InChI is InChI=1S/C21H15ClN2O4S/c1-28-21(25)15-3-7-17(8-4-15)23-13-14-2-11-20(19(12-14)24(26)27)29-18-9-5-16(22)6-10-18/h2-13H,1H3. The summed E-state index contributed by atoms with van der Waals surface area (Å²) in [5, 5.41) is 12.1. The molecule has 0 heterocycles. The highest BCUT2D eigenvalue weighted by Gasteiger charge is 2.15. The van der Waals surface area contributed by atoms with Crippen molar-refractivity contribution in [1.29, 1.82) is 0 Å². The maximum absolute atomic E-state index is 11.5. The van der Waals surface area contributed by atoms with Gasteiger partial charge >= 0.3 is 5.97 Å². The fourth-order valence-corrected chi connectivity index (χ4v) is 3.45. The molecule has 0 unspecified atom stereocenters. The van der Waals surface area contributed by atoms with Crippen molar-refractivity contribution in [1.82, 2.24) is 0 Å². The number of carbonyl (C=O) groups excluding carboxylic acids is 1. The largest absolute Gasteiger partial charge is 0.465 e. The molecule has 0 bridgehead atoms. The third-order valence-corrected chi connectivity index (χ3v) is 5.20. The van der Waals surface area contributed by atoms with Crippen LogP contribution in [0.3, 0.4) is 0 Å². The average molecular weight is 427 g/mol. The monoisotopic (exact) mass is 426 g/mol. The molecule has 3 aromatic carbocycles. The lowest BCUT2D eigenvalue weighted by Gasteiger charge is -2.04. The van der Waals surface area contributed by atoms with Crippen molar-refractivity contribution in [2.75, 3.05) is 7.11 Å². The highest BCUT2D eigenvalue weighted by Crippen LogP contribution is 2.35.